The molecule has 0 aromatic heterocycles. The van der Waals surface area contributed by atoms with Gasteiger partial charge in [0.2, 0.25) is 0 Å². The van der Waals surface area contributed by atoms with Crippen molar-refractivity contribution >= 4 is 12.0 Å². The summed E-state index contributed by atoms with van der Waals surface area (Å²) in [6.07, 6.45) is 2.00. The third-order valence-corrected chi connectivity index (χ3v) is 3.78. The fraction of sp³-hybridized carbons (Fsp3) is 0.833. The Morgan fingerprint density at radius 1 is 1.41 bits per heavy atom. The zero-order chi connectivity index (χ0) is 13.1. The summed E-state index contributed by atoms with van der Waals surface area (Å²) >= 11 is 0. The van der Waals surface area contributed by atoms with Crippen LogP contribution in [0.1, 0.15) is 33.1 Å². The number of urea groups is 1. The average molecular weight is 242 g/mol. The molecular formula is C12H22N2O3. The van der Waals surface area contributed by atoms with Gasteiger partial charge in [0.25, 0.3) is 0 Å². The van der Waals surface area contributed by atoms with E-state index in [2.05, 4.69) is 0 Å². The fourth-order valence-corrected chi connectivity index (χ4v) is 2.29. The first-order valence-corrected chi connectivity index (χ1v) is 6.20. The molecule has 98 valence electrons. The van der Waals surface area contributed by atoms with Crippen LogP contribution in [0.25, 0.3) is 0 Å². The number of amides is 2. The number of aliphatic carboxylic acids is 1. The number of carbonyl (C=O) groups excluding carboxylic acids is 1. The van der Waals surface area contributed by atoms with Gasteiger partial charge in [0, 0.05) is 26.7 Å². The van der Waals surface area contributed by atoms with Gasteiger partial charge in [0.05, 0.1) is 5.41 Å². The van der Waals surface area contributed by atoms with Crippen LogP contribution in [0.2, 0.25) is 0 Å². The molecule has 1 heterocycles. The largest absolute Gasteiger partial charge is 0.481 e. The van der Waals surface area contributed by atoms with Crippen molar-refractivity contribution in [1.82, 2.24) is 9.80 Å². The minimum atomic E-state index is -0.781. The van der Waals surface area contributed by atoms with Crippen molar-refractivity contribution in [2.75, 3.05) is 26.7 Å². The predicted molar refractivity (Wildman–Crippen MR) is 64.9 cm³/mol. The van der Waals surface area contributed by atoms with E-state index < -0.39 is 11.4 Å². The summed E-state index contributed by atoms with van der Waals surface area (Å²) in [7, 11) is 1.74. The molecule has 0 aromatic carbocycles. The smallest absolute Gasteiger partial charge is 0.319 e. The first-order chi connectivity index (χ1) is 7.96. The van der Waals surface area contributed by atoms with E-state index in [1.807, 2.05) is 13.8 Å². The highest BCUT2D eigenvalue weighted by Crippen LogP contribution is 2.33. The molecule has 1 rings (SSSR count). The van der Waals surface area contributed by atoms with E-state index in [0.29, 0.717) is 32.5 Å². The van der Waals surface area contributed by atoms with Gasteiger partial charge in [-0.3, -0.25) is 4.79 Å². The lowest BCUT2D eigenvalue weighted by Crippen LogP contribution is -2.52. The summed E-state index contributed by atoms with van der Waals surface area (Å²) in [6.45, 7) is 5.43. The second-order valence-corrected chi connectivity index (χ2v) is 4.76. The maximum Gasteiger partial charge on any atom is 0.319 e. The van der Waals surface area contributed by atoms with Crippen LogP contribution < -0.4 is 0 Å². The van der Waals surface area contributed by atoms with E-state index >= 15 is 0 Å². The van der Waals surface area contributed by atoms with Crippen molar-refractivity contribution < 1.29 is 14.7 Å². The molecule has 2 amide bonds. The summed E-state index contributed by atoms with van der Waals surface area (Å²) < 4.78 is 0. The number of rotatable bonds is 3. The van der Waals surface area contributed by atoms with Gasteiger partial charge in [0.15, 0.2) is 0 Å². The molecule has 5 heteroatoms. The molecule has 1 aliphatic rings. The number of carboxylic acid groups (broad SMARTS) is 1. The molecular weight excluding hydrogens is 220 g/mol. The van der Waals surface area contributed by atoms with Crippen LogP contribution in [0, 0.1) is 5.41 Å². The second kappa shape index (κ2) is 5.38. The maximum absolute atomic E-state index is 12.0. The highest BCUT2D eigenvalue weighted by atomic mass is 16.4. The standard InChI is InChI=1S/C12H22N2O3/c1-4-12(10(15)16)7-6-8-14(9-12)11(17)13(3)5-2/h4-9H2,1-3H3,(H,15,16). The summed E-state index contributed by atoms with van der Waals surface area (Å²) in [4.78, 5) is 26.7. The molecule has 0 saturated carbocycles. The zero-order valence-electron chi connectivity index (χ0n) is 10.9. The van der Waals surface area contributed by atoms with Crippen LogP contribution in [0.3, 0.4) is 0 Å². The molecule has 1 N–H and O–H groups in total. The van der Waals surface area contributed by atoms with E-state index in [-0.39, 0.29) is 6.03 Å². The van der Waals surface area contributed by atoms with Gasteiger partial charge >= 0.3 is 12.0 Å². The van der Waals surface area contributed by atoms with E-state index in [4.69, 9.17) is 0 Å². The van der Waals surface area contributed by atoms with Crippen LogP contribution in [-0.2, 0) is 4.79 Å². The van der Waals surface area contributed by atoms with Crippen LogP contribution >= 0.6 is 0 Å². The molecule has 1 fully saturated rings. The van der Waals surface area contributed by atoms with Gasteiger partial charge in [-0.15, -0.1) is 0 Å². The van der Waals surface area contributed by atoms with Gasteiger partial charge in [-0.1, -0.05) is 6.92 Å². The molecule has 1 aliphatic heterocycles. The first kappa shape index (κ1) is 13.8. The summed E-state index contributed by atoms with van der Waals surface area (Å²) in [6, 6.07) is -0.0636. The number of likely N-dealkylation sites (tertiary alicyclic amines) is 1. The van der Waals surface area contributed by atoms with Crippen molar-refractivity contribution in [3.63, 3.8) is 0 Å². The van der Waals surface area contributed by atoms with E-state index in [1.165, 1.54) is 0 Å². The van der Waals surface area contributed by atoms with Crippen molar-refractivity contribution in [2.24, 2.45) is 5.41 Å². The molecule has 0 radical (unpaired) electrons. The Balaban J connectivity index is 2.78. The predicted octanol–water partition coefficient (Wildman–Crippen LogP) is 1.63. The monoisotopic (exact) mass is 242 g/mol. The zero-order valence-corrected chi connectivity index (χ0v) is 10.9. The van der Waals surface area contributed by atoms with Crippen LogP contribution in [0.5, 0.6) is 0 Å². The van der Waals surface area contributed by atoms with Crippen LogP contribution in [0.4, 0.5) is 4.79 Å². The number of carbonyl (C=O) groups is 2. The SMILES string of the molecule is CCN(C)C(=O)N1CCCC(CC)(C(=O)O)C1. The minimum absolute atomic E-state index is 0.0636. The van der Waals surface area contributed by atoms with Gasteiger partial charge < -0.3 is 14.9 Å². The number of carboxylic acids is 1. The Labute approximate surface area is 102 Å². The number of piperidine rings is 1. The van der Waals surface area contributed by atoms with Crippen LogP contribution in [-0.4, -0.2) is 53.6 Å². The number of nitrogens with zero attached hydrogens (tertiary/aromatic N) is 2. The molecule has 17 heavy (non-hydrogen) atoms. The molecule has 0 bridgehead atoms. The van der Waals surface area contributed by atoms with Crippen LogP contribution in [0.15, 0.2) is 0 Å². The van der Waals surface area contributed by atoms with Gasteiger partial charge in [-0.2, -0.15) is 0 Å². The Morgan fingerprint density at radius 3 is 2.53 bits per heavy atom. The molecule has 1 unspecified atom stereocenters. The van der Waals surface area contributed by atoms with E-state index in [9.17, 15) is 14.7 Å². The quantitative estimate of drug-likeness (QED) is 0.818. The summed E-state index contributed by atoms with van der Waals surface area (Å²) in [5, 5.41) is 9.33. The lowest BCUT2D eigenvalue weighted by Gasteiger charge is -2.40. The summed E-state index contributed by atoms with van der Waals surface area (Å²) in [5.74, 6) is -0.781. The lowest BCUT2D eigenvalue weighted by atomic mass is 9.78. The first-order valence-electron chi connectivity index (χ1n) is 6.20. The Kier molecular flexibility index (Phi) is 4.37. The third-order valence-electron chi connectivity index (χ3n) is 3.78. The van der Waals surface area contributed by atoms with Crippen molar-refractivity contribution in [1.29, 1.82) is 0 Å². The van der Waals surface area contributed by atoms with Gasteiger partial charge in [0.1, 0.15) is 0 Å². The Bertz CT molecular complexity index is 306. The van der Waals surface area contributed by atoms with Crippen molar-refractivity contribution in [2.45, 2.75) is 33.1 Å². The van der Waals surface area contributed by atoms with E-state index in [1.54, 1.807) is 16.8 Å². The minimum Gasteiger partial charge on any atom is -0.481 e. The maximum atomic E-state index is 12.0. The van der Waals surface area contributed by atoms with Crippen molar-refractivity contribution in [3.8, 4) is 0 Å². The van der Waals surface area contributed by atoms with Crippen molar-refractivity contribution in [3.05, 3.63) is 0 Å². The molecule has 1 atom stereocenters. The Morgan fingerprint density at radius 2 is 2.06 bits per heavy atom. The topological polar surface area (TPSA) is 60.9 Å². The lowest BCUT2D eigenvalue weighted by molar-refractivity contribution is -0.152. The molecule has 0 spiro atoms. The number of hydrogen-bond donors (Lipinski definition) is 1. The van der Waals surface area contributed by atoms with Gasteiger partial charge in [-0.05, 0) is 26.2 Å². The third kappa shape index (κ3) is 2.70. The highest BCUT2D eigenvalue weighted by Gasteiger charge is 2.42. The fourth-order valence-electron chi connectivity index (χ4n) is 2.29. The molecule has 0 aromatic rings. The number of hydrogen-bond acceptors (Lipinski definition) is 2. The van der Waals surface area contributed by atoms with E-state index in [0.717, 1.165) is 6.42 Å². The Hall–Kier alpha value is -1.26. The molecule has 0 aliphatic carbocycles. The highest BCUT2D eigenvalue weighted by molar-refractivity contribution is 5.78. The van der Waals surface area contributed by atoms with Gasteiger partial charge in [-0.25, -0.2) is 4.79 Å². The molecule has 5 nitrogen and oxygen atoms in total. The second-order valence-electron chi connectivity index (χ2n) is 4.76. The molecule has 1 saturated heterocycles. The normalized spacial score (nSPS) is 24.5. The average Bonchev–Trinajstić information content (AvgIpc) is 2.36. The summed E-state index contributed by atoms with van der Waals surface area (Å²) in [5.41, 5.74) is -0.748.